The van der Waals surface area contributed by atoms with Crippen LogP contribution in [0.2, 0.25) is 10.0 Å². The number of rotatable bonds is 9. The molecule has 0 aliphatic carbocycles. The van der Waals surface area contributed by atoms with Gasteiger partial charge in [-0.15, -0.1) is 0 Å². The van der Waals surface area contributed by atoms with E-state index in [-0.39, 0.29) is 28.5 Å². The van der Waals surface area contributed by atoms with Gasteiger partial charge in [0.05, 0.1) is 23.7 Å². The Hall–Kier alpha value is -2.28. The Morgan fingerprint density at radius 1 is 1.10 bits per heavy atom. The summed E-state index contributed by atoms with van der Waals surface area (Å²) in [7, 11) is 5.51. The number of methoxy groups -OCH3 is 1. The Labute approximate surface area is 193 Å². The lowest BCUT2D eigenvalue weighted by Crippen LogP contribution is -2.51. The summed E-state index contributed by atoms with van der Waals surface area (Å²) >= 11 is 12.0. The number of ether oxygens (including phenoxy) is 1. The fraction of sp³-hybridized carbons (Fsp3) is 0.391. The molecule has 8 heteroatoms. The maximum absolute atomic E-state index is 12.9. The van der Waals surface area contributed by atoms with Crippen molar-refractivity contribution < 1.29 is 14.3 Å². The molecular formula is C23H29Cl2N3O3. The molecule has 2 rings (SSSR count). The van der Waals surface area contributed by atoms with Crippen molar-refractivity contribution in [1.29, 1.82) is 0 Å². The molecule has 0 aliphatic heterocycles. The molecule has 0 saturated heterocycles. The average Bonchev–Trinajstić information content (AvgIpc) is 2.71. The third-order valence-electron chi connectivity index (χ3n) is 4.98. The number of carbonyl (C=O) groups excluding carboxylic acids is 2. The van der Waals surface area contributed by atoms with Crippen molar-refractivity contribution in [1.82, 2.24) is 15.5 Å². The van der Waals surface area contributed by atoms with E-state index in [1.807, 2.05) is 57.1 Å². The fourth-order valence-corrected chi connectivity index (χ4v) is 3.68. The number of nitrogens with one attached hydrogen (secondary N) is 2. The molecule has 168 valence electrons. The van der Waals surface area contributed by atoms with E-state index in [0.717, 1.165) is 11.3 Å². The number of nitrogens with zero attached hydrogens (tertiary/aromatic N) is 1. The van der Waals surface area contributed by atoms with Crippen molar-refractivity contribution in [2.45, 2.75) is 25.9 Å². The summed E-state index contributed by atoms with van der Waals surface area (Å²) in [6, 6.07) is 11.6. The van der Waals surface area contributed by atoms with Gasteiger partial charge in [-0.3, -0.25) is 9.59 Å². The van der Waals surface area contributed by atoms with E-state index < -0.39 is 11.9 Å². The summed E-state index contributed by atoms with van der Waals surface area (Å²) in [6.45, 7) is 4.12. The maximum atomic E-state index is 12.9. The smallest absolute Gasteiger partial charge is 0.253 e. The highest BCUT2D eigenvalue weighted by molar-refractivity contribution is 6.36. The van der Waals surface area contributed by atoms with Crippen LogP contribution in [0.3, 0.4) is 0 Å². The van der Waals surface area contributed by atoms with Crippen LogP contribution in [0.1, 0.15) is 35.8 Å². The van der Waals surface area contributed by atoms with Crippen molar-refractivity contribution in [3.05, 3.63) is 63.6 Å². The fourth-order valence-electron chi connectivity index (χ4n) is 3.18. The molecule has 2 atom stereocenters. The maximum Gasteiger partial charge on any atom is 0.253 e. The predicted molar refractivity (Wildman–Crippen MR) is 125 cm³/mol. The van der Waals surface area contributed by atoms with Crippen molar-refractivity contribution in [2.75, 3.05) is 27.7 Å². The highest BCUT2D eigenvalue weighted by Gasteiger charge is 2.26. The Balaban J connectivity index is 2.11. The van der Waals surface area contributed by atoms with Crippen LogP contribution < -0.4 is 15.4 Å². The molecule has 0 fully saturated rings. The number of amides is 2. The van der Waals surface area contributed by atoms with Crippen molar-refractivity contribution >= 4 is 35.0 Å². The number of carbonyl (C=O) groups is 2. The second kappa shape index (κ2) is 11.4. The van der Waals surface area contributed by atoms with E-state index >= 15 is 0 Å². The van der Waals surface area contributed by atoms with Crippen molar-refractivity contribution in [3.63, 3.8) is 0 Å². The standard InChI is InChI=1S/C23H29Cl2N3O3/c1-14(2)21(27-22(29)18-10-9-16(24)12-19(18)25)23(30)26-13-20(28(3)4)15-7-6-8-17(11-15)31-5/h6-12,14,20-21H,13H2,1-5H3,(H,26,30)(H,27,29)/t20-,21+/m0/s1. The second-order valence-electron chi connectivity index (χ2n) is 7.82. The largest absolute Gasteiger partial charge is 0.497 e. The Morgan fingerprint density at radius 3 is 2.39 bits per heavy atom. The first kappa shape index (κ1) is 25.0. The van der Waals surface area contributed by atoms with Gasteiger partial charge in [-0.1, -0.05) is 49.2 Å². The third-order valence-corrected chi connectivity index (χ3v) is 5.53. The lowest BCUT2D eigenvalue weighted by atomic mass is 10.0. The minimum atomic E-state index is -0.715. The summed E-state index contributed by atoms with van der Waals surface area (Å²) in [5, 5.41) is 6.44. The Kier molecular flexibility index (Phi) is 9.16. The van der Waals surface area contributed by atoms with Gasteiger partial charge in [-0.2, -0.15) is 0 Å². The van der Waals surface area contributed by atoms with Crippen LogP contribution in [0.5, 0.6) is 5.75 Å². The molecule has 0 unspecified atom stereocenters. The van der Waals surface area contributed by atoms with E-state index in [1.165, 1.54) is 6.07 Å². The Morgan fingerprint density at radius 2 is 1.81 bits per heavy atom. The normalized spacial score (nSPS) is 13.1. The molecule has 0 spiro atoms. The van der Waals surface area contributed by atoms with Crippen LogP contribution >= 0.6 is 23.2 Å². The Bertz CT molecular complexity index is 919. The first-order valence-electron chi connectivity index (χ1n) is 9.98. The van der Waals surface area contributed by atoms with Gasteiger partial charge in [0.1, 0.15) is 11.8 Å². The third kappa shape index (κ3) is 6.86. The number of hydrogen-bond acceptors (Lipinski definition) is 4. The molecule has 2 amide bonds. The lowest BCUT2D eigenvalue weighted by Gasteiger charge is -2.27. The van der Waals surface area contributed by atoms with Gasteiger partial charge >= 0.3 is 0 Å². The van der Waals surface area contributed by atoms with Gasteiger partial charge in [-0.05, 0) is 55.9 Å². The molecule has 0 aliphatic rings. The SMILES string of the molecule is COc1cccc([C@H](CNC(=O)[C@H](NC(=O)c2ccc(Cl)cc2Cl)C(C)C)N(C)C)c1. The highest BCUT2D eigenvalue weighted by Crippen LogP contribution is 2.23. The zero-order valence-corrected chi connectivity index (χ0v) is 19.9. The van der Waals surface area contributed by atoms with Crippen LogP contribution in [0.4, 0.5) is 0 Å². The van der Waals surface area contributed by atoms with Crippen LogP contribution in [-0.4, -0.2) is 50.5 Å². The number of halogens is 2. The van der Waals surface area contributed by atoms with Gasteiger partial charge in [0.25, 0.3) is 5.91 Å². The van der Waals surface area contributed by atoms with E-state index in [9.17, 15) is 9.59 Å². The zero-order chi connectivity index (χ0) is 23.1. The summed E-state index contributed by atoms with van der Waals surface area (Å²) in [6.07, 6.45) is 0. The first-order valence-corrected chi connectivity index (χ1v) is 10.7. The monoisotopic (exact) mass is 465 g/mol. The molecule has 0 saturated carbocycles. The summed E-state index contributed by atoms with van der Waals surface area (Å²) in [5.41, 5.74) is 1.29. The summed E-state index contributed by atoms with van der Waals surface area (Å²) in [4.78, 5) is 27.7. The van der Waals surface area contributed by atoms with Gasteiger partial charge < -0.3 is 20.3 Å². The molecule has 0 radical (unpaired) electrons. The second-order valence-corrected chi connectivity index (χ2v) is 8.66. The molecule has 2 aromatic carbocycles. The molecule has 6 nitrogen and oxygen atoms in total. The molecule has 31 heavy (non-hydrogen) atoms. The van der Waals surface area contributed by atoms with E-state index in [0.29, 0.717) is 11.6 Å². The van der Waals surface area contributed by atoms with Gasteiger partial charge in [0.2, 0.25) is 5.91 Å². The summed E-state index contributed by atoms with van der Waals surface area (Å²) in [5.74, 6) is -0.0526. The number of benzene rings is 2. The van der Waals surface area contributed by atoms with Crippen LogP contribution in [-0.2, 0) is 4.79 Å². The van der Waals surface area contributed by atoms with Crippen molar-refractivity contribution in [2.24, 2.45) is 5.92 Å². The summed E-state index contributed by atoms with van der Waals surface area (Å²) < 4.78 is 5.31. The van der Waals surface area contributed by atoms with Crippen LogP contribution in [0, 0.1) is 5.92 Å². The van der Waals surface area contributed by atoms with E-state index in [1.54, 1.807) is 19.2 Å². The number of likely N-dealkylation sites (N-methyl/N-ethyl adjacent to an activating group) is 1. The van der Waals surface area contributed by atoms with Crippen LogP contribution in [0.25, 0.3) is 0 Å². The van der Waals surface area contributed by atoms with E-state index in [4.69, 9.17) is 27.9 Å². The highest BCUT2D eigenvalue weighted by atomic mass is 35.5. The molecule has 2 N–H and O–H groups in total. The van der Waals surface area contributed by atoms with Gasteiger partial charge in [-0.25, -0.2) is 0 Å². The molecule has 0 bridgehead atoms. The van der Waals surface area contributed by atoms with Crippen LogP contribution in [0.15, 0.2) is 42.5 Å². The number of hydrogen-bond donors (Lipinski definition) is 2. The van der Waals surface area contributed by atoms with E-state index in [2.05, 4.69) is 10.6 Å². The zero-order valence-electron chi connectivity index (χ0n) is 18.4. The van der Waals surface area contributed by atoms with Gasteiger partial charge in [0.15, 0.2) is 0 Å². The average molecular weight is 466 g/mol. The molecule has 0 aromatic heterocycles. The van der Waals surface area contributed by atoms with Gasteiger partial charge in [0, 0.05) is 11.6 Å². The topological polar surface area (TPSA) is 70.7 Å². The molecule has 2 aromatic rings. The first-order chi connectivity index (χ1) is 14.6. The minimum Gasteiger partial charge on any atom is -0.497 e. The molecular weight excluding hydrogens is 437 g/mol. The van der Waals surface area contributed by atoms with Crippen molar-refractivity contribution in [3.8, 4) is 5.75 Å². The molecule has 0 heterocycles. The quantitative estimate of drug-likeness (QED) is 0.582. The predicted octanol–water partition coefficient (Wildman–Crippen LogP) is 4.18. The lowest BCUT2D eigenvalue weighted by molar-refractivity contribution is -0.124. The minimum absolute atomic E-state index is 0.0618.